The van der Waals surface area contributed by atoms with Crippen LogP contribution in [0.25, 0.3) is 0 Å². The molecule has 0 aromatic rings. The molecule has 0 aliphatic carbocycles. The number of hydrogen-bond acceptors (Lipinski definition) is 3. The third kappa shape index (κ3) is 7.02. The maximum absolute atomic E-state index is 5.49. The van der Waals surface area contributed by atoms with Gasteiger partial charge in [0.25, 0.3) is 0 Å². The van der Waals surface area contributed by atoms with E-state index in [-0.39, 0.29) is 0 Å². The van der Waals surface area contributed by atoms with E-state index in [1.807, 2.05) is 0 Å². The zero-order valence-electron chi connectivity index (χ0n) is 11.7. The van der Waals surface area contributed by atoms with E-state index >= 15 is 0 Å². The van der Waals surface area contributed by atoms with Crippen LogP contribution in [0.4, 0.5) is 0 Å². The van der Waals surface area contributed by atoms with Crippen molar-refractivity contribution >= 4 is 0 Å². The summed E-state index contributed by atoms with van der Waals surface area (Å²) in [6.45, 7) is 10.9. The van der Waals surface area contributed by atoms with Gasteiger partial charge >= 0.3 is 0 Å². The second-order valence-electron chi connectivity index (χ2n) is 5.24. The Bertz CT molecular complexity index is 162. The molecule has 0 atom stereocenters. The Morgan fingerprint density at radius 3 is 1.82 bits per heavy atom. The number of unbranched alkanes of at least 4 members (excludes halogenated alkanes) is 4. The quantitative estimate of drug-likeness (QED) is 0.626. The normalized spacial score (nSPS) is 18.7. The molecule has 0 aromatic carbocycles. The lowest BCUT2D eigenvalue weighted by Gasteiger charge is -2.34. The van der Waals surface area contributed by atoms with Gasteiger partial charge in [0.15, 0.2) is 0 Å². The average Bonchev–Trinajstić information content (AvgIpc) is 2.37. The van der Waals surface area contributed by atoms with Crippen molar-refractivity contribution in [3.05, 3.63) is 0 Å². The van der Waals surface area contributed by atoms with E-state index in [1.54, 1.807) is 0 Å². The first-order valence-electron chi connectivity index (χ1n) is 7.51. The summed E-state index contributed by atoms with van der Waals surface area (Å²) in [7, 11) is 0. The van der Waals surface area contributed by atoms with Crippen molar-refractivity contribution in [2.24, 2.45) is 5.73 Å². The molecule has 1 aliphatic heterocycles. The van der Waals surface area contributed by atoms with Gasteiger partial charge in [0.1, 0.15) is 0 Å². The summed E-state index contributed by atoms with van der Waals surface area (Å²) in [5.74, 6) is 0. The maximum atomic E-state index is 5.49. The van der Waals surface area contributed by atoms with Crippen LogP contribution in [-0.2, 0) is 0 Å². The zero-order valence-corrected chi connectivity index (χ0v) is 11.7. The van der Waals surface area contributed by atoms with Crippen molar-refractivity contribution in [3.63, 3.8) is 0 Å². The molecule has 1 aliphatic rings. The van der Waals surface area contributed by atoms with Crippen LogP contribution in [0.15, 0.2) is 0 Å². The lowest BCUT2D eigenvalue weighted by Crippen LogP contribution is -2.46. The summed E-state index contributed by atoms with van der Waals surface area (Å²) in [4.78, 5) is 5.25. The highest BCUT2D eigenvalue weighted by atomic mass is 15.3. The number of nitrogens with two attached hydrogens (primary N) is 1. The van der Waals surface area contributed by atoms with E-state index in [0.29, 0.717) is 0 Å². The van der Waals surface area contributed by atoms with Crippen molar-refractivity contribution in [3.8, 4) is 0 Å². The average molecular weight is 241 g/mol. The molecular formula is C14H31N3. The molecule has 102 valence electrons. The van der Waals surface area contributed by atoms with Crippen LogP contribution in [0, 0.1) is 0 Å². The summed E-state index contributed by atoms with van der Waals surface area (Å²) in [5.41, 5.74) is 5.49. The lowest BCUT2D eigenvalue weighted by atomic mass is 10.2. The molecule has 0 unspecified atom stereocenters. The Balaban J connectivity index is 1.95. The van der Waals surface area contributed by atoms with E-state index in [4.69, 9.17) is 5.73 Å². The third-order valence-corrected chi connectivity index (χ3v) is 3.72. The van der Waals surface area contributed by atoms with Gasteiger partial charge in [-0.1, -0.05) is 26.2 Å². The Labute approximate surface area is 107 Å². The molecule has 0 spiro atoms. The number of hydrogen-bond donors (Lipinski definition) is 1. The van der Waals surface area contributed by atoms with Crippen LogP contribution in [0.3, 0.4) is 0 Å². The Morgan fingerprint density at radius 1 is 0.765 bits per heavy atom. The number of nitrogens with zero attached hydrogens (tertiary/aromatic N) is 2. The summed E-state index contributed by atoms with van der Waals surface area (Å²) in [5, 5.41) is 0. The summed E-state index contributed by atoms with van der Waals surface area (Å²) >= 11 is 0. The van der Waals surface area contributed by atoms with E-state index in [9.17, 15) is 0 Å². The molecule has 3 nitrogen and oxygen atoms in total. The highest BCUT2D eigenvalue weighted by Gasteiger charge is 2.15. The topological polar surface area (TPSA) is 32.5 Å². The molecule has 0 aromatic heterocycles. The van der Waals surface area contributed by atoms with Crippen LogP contribution >= 0.6 is 0 Å². The fourth-order valence-corrected chi connectivity index (χ4v) is 2.45. The summed E-state index contributed by atoms with van der Waals surface area (Å²) < 4.78 is 0. The Morgan fingerprint density at radius 2 is 1.29 bits per heavy atom. The van der Waals surface area contributed by atoms with Gasteiger partial charge in [-0.25, -0.2) is 0 Å². The summed E-state index contributed by atoms with van der Waals surface area (Å²) in [6.07, 6.45) is 7.90. The predicted molar refractivity (Wildman–Crippen MR) is 75.3 cm³/mol. The second-order valence-corrected chi connectivity index (χ2v) is 5.24. The van der Waals surface area contributed by atoms with Crippen LogP contribution in [0.2, 0.25) is 0 Å². The van der Waals surface area contributed by atoms with Gasteiger partial charge in [0.05, 0.1) is 0 Å². The van der Waals surface area contributed by atoms with Gasteiger partial charge < -0.3 is 15.5 Å². The largest absolute Gasteiger partial charge is 0.330 e. The maximum Gasteiger partial charge on any atom is 0.0110 e. The van der Waals surface area contributed by atoms with Crippen LogP contribution in [0.5, 0.6) is 0 Å². The van der Waals surface area contributed by atoms with Gasteiger partial charge in [-0.2, -0.15) is 0 Å². The molecule has 17 heavy (non-hydrogen) atoms. The van der Waals surface area contributed by atoms with Gasteiger partial charge in [-0.3, -0.25) is 0 Å². The second kappa shape index (κ2) is 9.86. The molecule has 3 heteroatoms. The Kier molecular flexibility index (Phi) is 8.67. The molecule has 0 radical (unpaired) electrons. The van der Waals surface area contributed by atoms with Crippen molar-refractivity contribution in [2.45, 2.75) is 45.4 Å². The minimum absolute atomic E-state index is 0.857. The van der Waals surface area contributed by atoms with Gasteiger partial charge in [0.2, 0.25) is 0 Å². The first-order valence-corrected chi connectivity index (χ1v) is 7.51. The van der Waals surface area contributed by atoms with Crippen molar-refractivity contribution in [1.29, 1.82) is 0 Å². The fourth-order valence-electron chi connectivity index (χ4n) is 2.45. The van der Waals surface area contributed by atoms with Crippen molar-refractivity contribution in [2.75, 3.05) is 45.8 Å². The zero-order chi connectivity index (χ0) is 12.3. The van der Waals surface area contributed by atoms with Crippen LogP contribution in [-0.4, -0.2) is 55.6 Å². The monoisotopic (exact) mass is 241 g/mol. The molecule has 0 bridgehead atoms. The molecule has 2 N–H and O–H groups in total. The highest BCUT2D eigenvalue weighted by Crippen LogP contribution is 2.06. The predicted octanol–water partition coefficient (Wildman–Crippen LogP) is 1.92. The van der Waals surface area contributed by atoms with Gasteiger partial charge in [0, 0.05) is 26.2 Å². The van der Waals surface area contributed by atoms with Crippen molar-refractivity contribution in [1.82, 2.24) is 9.80 Å². The number of piperazine rings is 1. The standard InChI is InChI=1S/C14H31N3/c1-2-3-9-16-11-13-17(14-12-16)10-7-5-4-6-8-15/h2-15H2,1H3. The van der Waals surface area contributed by atoms with E-state index in [2.05, 4.69) is 16.7 Å². The minimum Gasteiger partial charge on any atom is -0.330 e. The molecule has 1 heterocycles. The van der Waals surface area contributed by atoms with Crippen molar-refractivity contribution < 1.29 is 0 Å². The van der Waals surface area contributed by atoms with E-state index in [0.717, 1.165) is 6.54 Å². The van der Waals surface area contributed by atoms with Crippen LogP contribution < -0.4 is 5.73 Å². The molecular weight excluding hydrogens is 210 g/mol. The first-order chi connectivity index (χ1) is 8.36. The molecule has 0 amide bonds. The fraction of sp³-hybridized carbons (Fsp3) is 1.00. The SMILES string of the molecule is CCCCN1CCN(CCCCCCN)CC1. The third-order valence-electron chi connectivity index (χ3n) is 3.72. The van der Waals surface area contributed by atoms with Gasteiger partial charge in [-0.15, -0.1) is 0 Å². The molecule has 1 rings (SSSR count). The van der Waals surface area contributed by atoms with E-state index < -0.39 is 0 Å². The highest BCUT2D eigenvalue weighted by molar-refractivity contribution is 4.71. The summed E-state index contributed by atoms with van der Waals surface area (Å²) in [6, 6.07) is 0. The number of rotatable bonds is 9. The smallest absolute Gasteiger partial charge is 0.0110 e. The lowest BCUT2D eigenvalue weighted by molar-refractivity contribution is 0.129. The minimum atomic E-state index is 0.857. The van der Waals surface area contributed by atoms with Crippen LogP contribution in [0.1, 0.15) is 45.4 Å². The Hall–Kier alpha value is -0.120. The van der Waals surface area contributed by atoms with Gasteiger partial charge in [-0.05, 0) is 38.9 Å². The van der Waals surface area contributed by atoms with E-state index in [1.165, 1.54) is 77.8 Å². The molecule has 1 fully saturated rings. The molecule has 0 saturated carbocycles. The molecule has 1 saturated heterocycles. The first kappa shape index (κ1) is 14.9.